The largest absolute Gasteiger partial charge is 0.0728 e. The molecule has 52 valence electrons. The summed E-state index contributed by atoms with van der Waals surface area (Å²) < 4.78 is 0. The second-order valence-electron chi connectivity index (χ2n) is 2.73. The minimum absolute atomic E-state index is 1.33. The van der Waals surface area contributed by atoms with Crippen LogP contribution >= 0.6 is 0 Å². The topological polar surface area (TPSA) is 0 Å². The van der Waals surface area contributed by atoms with Crippen molar-refractivity contribution in [3.05, 3.63) is 35.4 Å². The Labute approximate surface area is 69.6 Å². The van der Waals surface area contributed by atoms with E-state index in [4.69, 9.17) is 0 Å². The first-order chi connectivity index (χ1) is 5.34. The summed E-state index contributed by atoms with van der Waals surface area (Å²) in [5, 5.41) is 0. The zero-order valence-electron chi connectivity index (χ0n) is 6.39. The molecule has 2 rings (SSSR count). The van der Waals surface area contributed by atoms with Crippen molar-refractivity contribution in [1.82, 2.24) is 0 Å². The molecule has 0 bridgehead atoms. The monoisotopic (exact) mass is 156 g/mol. The maximum Gasteiger partial charge on any atom is 0.0304 e. The molecule has 1 heteroatoms. The van der Waals surface area contributed by atoms with Crippen LogP contribution in [0.25, 0.3) is 11.1 Å². The highest BCUT2D eigenvalue weighted by atomic mass is 28.1. The number of hydrogen-bond donors (Lipinski definition) is 0. The third-order valence-electron chi connectivity index (χ3n) is 2.17. The molecule has 0 spiro atoms. The third kappa shape index (κ3) is 0.777. The van der Waals surface area contributed by atoms with Gasteiger partial charge in [-0.3, -0.25) is 0 Å². The van der Waals surface area contributed by atoms with Crippen LogP contribution in [-0.4, -0.2) is 15.5 Å². The molecule has 0 fully saturated rings. The Morgan fingerprint density at radius 1 is 1.18 bits per heavy atom. The standard InChI is InChI=1S/C10H8Si/c1-7-8-4-2-3-5-9(8)10(7)6-11/h2-6H,1H3. The minimum atomic E-state index is 1.33. The van der Waals surface area contributed by atoms with Crippen LogP contribution in [0.4, 0.5) is 0 Å². The summed E-state index contributed by atoms with van der Waals surface area (Å²) in [5.41, 5.74) is 7.45. The zero-order chi connectivity index (χ0) is 7.84. The zero-order valence-corrected chi connectivity index (χ0v) is 7.39. The highest BCUT2D eigenvalue weighted by molar-refractivity contribution is 6.47. The molecule has 0 nitrogen and oxygen atoms in total. The summed E-state index contributed by atoms with van der Waals surface area (Å²) in [7, 11) is 3.40. The number of fused-ring (bicyclic) bond motifs is 1. The van der Waals surface area contributed by atoms with Gasteiger partial charge in [0.15, 0.2) is 0 Å². The van der Waals surface area contributed by atoms with Gasteiger partial charge in [0.25, 0.3) is 0 Å². The molecule has 2 radical (unpaired) electrons. The van der Waals surface area contributed by atoms with Crippen LogP contribution in [0.1, 0.15) is 18.1 Å². The van der Waals surface area contributed by atoms with Gasteiger partial charge in [-0.05, 0) is 29.2 Å². The van der Waals surface area contributed by atoms with Crippen LogP contribution in [0.15, 0.2) is 24.3 Å². The molecule has 11 heavy (non-hydrogen) atoms. The first kappa shape index (κ1) is 6.74. The Balaban J connectivity index is 2.59. The van der Waals surface area contributed by atoms with Gasteiger partial charge in [-0.25, -0.2) is 0 Å². The fourth-order valence-electron chi connectivity index (χ4n) is 1.52. The second kappa shape index (κ2) is 2.27. The number of hydrogen-bond acceptors (Lipinski definition) is 0. The number of rotatable bonds is 1. The van der Waals surface area contributed by atoms with E-state index in [9.17, 15) is 0 Å². The summed E-state index contributed by atoms with van der Waals surface area (Å²) in [6.07, 6.45) is 0. The van der Waals surface area contributed by atoms with E-state index in [1.54, 1.807) is 0 Å². The Bertz CT molecular complexity index is 348. The lowest BCUT2D eigenvalue weighted by Crippen LogP contribution is -2.04. The van der Waals surface area contributed by atoms with E-state index in [0.29, 0.717) is 0 Å². The van der Waals surface area contributed by atoms with Gasteiger partial charge in [0.05, 0.1) is 0 Å². The van der Waals surface area contributed by atoms with Gasteiger partial charge in [-0.1, -0.05) is 29.9 Å². The molecule has 1 aliphatic carbocycles. The Kier molecular flexibility index (Phi) is 1.39. The molecule has 0 aliphatic heterocycles. The van der Waals surface area contributed by atoms with Crippen molar-refractivity contribution in [1.29, 1.82) is 0 Å². The molecule has 0 atom stereocenters. The lowest BCUT2D eigenvalue weighted by Gasteiger charge is -2.22. The summed E-state index contributed by atoms with van der Waals surface area (Å²) >= 11 is 0. The summed E-state index contributed by atoms with van der Waals surface area (Å²) in [6, 6.07) is 8.45. The van der Waals surface area contributed by atoms with Gasteiger partial charge in [-0.15, -0.1) is 0 Å². The van der Waals surface area contributed by atoms with Gasteiger partial charge in [0.1, 0.15) is 0 Å². The smallest absolute Gasteiger partial charge is 0.0304 e. The number of benzene rings is 1. The quantitative estimate of drug-likeness (QED) is 0.545. The maximum absolute atomic E-state index is 3.40. The fourth-order valence-corrected chi connectivity index (χ4v) is 1.89. The maximum atomic E-state index is 3.40. The van der Waals surface area contributed by atoms with E-state index in [-0.39, 0.29) is 0 Å². The van der Waals surface area contributed by atoms with Crippen LogP contribution in [0.2, 0.25) is 0 Å². The van der Waals surface area contributed by atoms with Crippen LogP contribution in [0, 0.1) is 0 Å². The summed E-state index contributed by atoms with van der Waals surface area (Å²) in [5.74, 6) is 0. The average Bonchev–Trinajstić information content (AvgIpc) is 2.05. The van der Waals surface area contributed by atoms with Crippen molar-refractivity contribution in [3.8, 4) is 0 Å². The van der Waals surface area contributed by atoms with Crippen molar-refractivity contribution >= 4 is 26.7 Å². The highest BCUT2D eigenvalue weighted by Crippen LogP contribution is 2.37. The van der Waals surface area contributed by atoms with Gasteiger partial charge in [0, 0.05) is 9.85 Å². The molecule has 0 saturated carbocycles. The number of allylic oxidation sites excluding steroid dienone is 2. The van der Waals surface area contributed by atoms with E-state index in [2.05, 4.69) is 41.0 Å². The van der Waals surface area contributed by atoms with Crippen LogP contribution in [-0.2, 0) is 0 Å². The lowest BCUT2D eigenvalue weighted by atomic mass is 9.82. The SMILES string of the molecule is CC1=C(C=[Si])c2ccccc21. The average molecular weight is 156 g/mol. The van der Waals surface area contributed by atoms with Crippen molar-refractivity contribution in [2.24, 2.45) is 0 Å². The molecular formula is C10H8Si. The summed E-state index contributed by atoms with van der Waals surface area (Å²) in [6.45, 7) is 2.15. The minimum Gasteiger partial charge on any atom is -0.0728 e. The predicted molar refractivity (Wildman–Crippen MR) is 50.7 cm³/mol. The van der Waals surface area contributed by atoms with Crippen LogP contribution in [0.5, 0.6) is 0 Å². The van der Waals surface area contributed by atoms with Gasteiger partial charge in [-0.2, -0.15) is 0 Å². The summed E-state index contributed by atoms with van der Waals surface area (Å²) in [4.78, 5) is 0. The van der Waals surface area contributed by atoms with Crippen molar-refractivity contribution < 1.29 is 0 Å². The molecule has 1 aliphatic rings. The van der Waals surface area contributed by atoms with Crippen molar-refractivity contribution in [3.63, 3.8) is 0 Å². The third-order valence-corrected chi connectivity index (χ3v) is 2.46. The Morgan fingerprint density at radius 3 is 2.45 bits per heavy atom. The molecular weight excluding hydrogens is 148 g/mol. The first-order valence-corrected chi connectivity index (χ1v) is 4.23. The molecule has 0 aromatic heterocycles. The highest BCUT2D eigenvalue weighted by Gasteiger charge is 2.18. The molecule has 0 N–H and O–H groups in total. The van der Waals surface area contributed by atoms with Crippen molar-refractivity contribution in [2.75, 3.05) is 0 Å². The molecule has 0 amide bonds. The first-order valence-electron chi connectivity index (χ1n) is 3.65. The van der Waals surface area contributed by atoms with E-state index in [1.807, 2.05) is 5.67 Å². The van der Waals surface area contributed by atoms with E-state index in [0.717, 1.165) is 0 Å². The fraction of sp³-hybridized carbons (Fsp3) is 0.100. The molecule has 1 aromatic rings. The molecule has 0 unspecified atom stereocenters. The van der Waals surface area contributed by atoms with E-state index in [1.165, 1.54) is 22.3 Å². The van der Waals surface area contributed by atoms with Gasteiger partial charge >= 0.3 is 0 Å². The van der Waals surface area contributed by atoms with Gasteiger partial charge in [0.2, 0.25) is 0 Å². The van der Waals surface area contributed by atoms with E-state index >= 15 is 0 Å². The second-order valence-corrected chi connectivity index (χ2v) is 3.02. The van der Waals surface area contributed by atoms with Crippen LogP contribution < -0.4 is 0 Å². The van der Waals surface area contributed by atoms with E-state index < -0.39 is 0 Å². The van der Waals surface area contributed by atoms with Crippen LogP contribution in [0.3, 0.4) is 0 Å². The predicted octanol–water partition coefficient (Wildman–Crippen LogP) is 1.90. The molecule has 1 aromatic carbocycles. The normalized spacial score (nSPS) is 13.9. The molecule has 0 saturated heterocycles. The van der Waals surface area contributed by atoms with Crippen molar-refractivity contribution in [2.45, 2.75) is 6.92 Å². The molecule has 0 heterocycles. The Morgan fingerprint density at radius 2 is 1.82 bits per heavy atom. The lowest BCUT2D eigenvalue weighted by molar-refractivity contribution is 1.47. The Hall–Kier alpha value is -0.953. The van der Waals surface area contributed by atoms with Gasteiger partial charge < -0.3 is 0 Å².